The molecule has 2 aromatic carbocycles. The normalized spacial score (nSPS) is 13.6. The first-order valence-corrected chi connectivity index (χ1v) is 8.95. The highest BCUT2D eigenvalue weighted by molar-refractivity contribution is 7.15. The molecule has 124 valence electrons. The molecule has 24 heavy (non-hydrogen) atoms. The lowest BCUT2D eigenvalue weighted by Gasteiger charge is -2.21. The molecule has 1 heterocycles. The van der Waals surface area contributed by atoms with E-state index >= 15 is 0 Å². The summed E-state index contributed by atoms with van der Waals surface area (Å²) in [7, 11) is 0. The largest absolute Gasteiger partial charge is 0.394 e. The fourth-order valence-corrected chi connectivity index (χ4v) is 3.91. The van der Waals surface area contributed by atoms with E-state index in [9.17, 15) is 5.11 Å². The lowest BCUT2D eigenvalue weighted by molar-refractivity contribution is 0.236. The van der Waals surface area contributed by atoms with Crippen LogP contribution in [0.4, 0.5) is 0 Å². The number of aromatic nitrogens is 1. The number of hydrogen-bond acceptors (Lipinski definition) is 4. The van der Waals surface area contributed by atoms with Gasteiger partial charge in [-0.05, 0) is 19.4 Å². The van der Waals surface area contributed by atoms with Crippen LogP contribution in [0.2, 0.25) is 0 Å². The Morgan fingerprint density at radius 2 is 1.67 bits per heavy atom. The average molecular weight is 338 g/mol. The van der Waals surface area contributed by atoms with Crippen molar-refractivity contribution < 1.29 is 5.11 Å². The average Bonchev–Trinajstić information content (AvgIpc) is 3.03. The molecule has 0 amide bonds. The minimum atomic E-state index is -0.0807. The maximum Gasteiger partial charge on any atom is 0.123 e. The highest BCUT2D eigenvalue weighted by atomic mass is 32.1. The van der Waals surface area contributed by atoms with E-state index in [4.69, 9.17) is 4.98 Å². The fraction of sp³-hybridized carbons (Fsp3) is 0.250. The summed E-state index contributed by atoms with van der Waals surface area (Å²) in [5.41, 5.74) is 3.28. The Kier molecular flexibility index (Phi) is 5.41. The maximum absolute atomic E-state index is 9.75. The molecule has 0 aliphatic carbocycles. The van der Waals surface area contributed by atoms with Crippen LogP contribution in [0.3, 0.4) is 0 Å². The number of nitrogens with one attached hydrogen (secondary N) is 1. The van der Waals surface area contributed by atoms with Crippen LogP contribution in [0.15, 0.2) is 60.7 Å². The third kappa shape index (κ3) is 3.73. The van der Waals surface area contributed by atoms with E-state index in [1.165, 1.54) is 4.88 Å². The van der Waals surface area contributed by atoms with Crippen LogP contribution in [0.25, 0.3) is 10.6 Å². The molecule has 0 saturated carbocycles. The van der Waals surface area contributed by atoms with Crippen molar-refractivity contribution in [2.24, 2.45) is 0 Å². The second-order valence-electron chi connectivity index (χ2n) is 5.87. The molecule has 3 aromatic rings. The number of aryl methyl sites for hydroxylation is 1. The SMILES string of the molecule is Cc1nc(-c2ccccc2)sc1C(C)NC(CO)c1ccccc1. The lowest BCUT2D eigenvalue weighted by Crippen LogP contribution is -2.27. The molecule has 0 aliphatic rings. The van der Waals surface area contributed by atoms with Gasteiger partial charge in [-0.25, -0.2) is 4.98 Å². The molecule has 0 saturated heterocycles. The summed E-state index contributed by atoms with van der Waals surface area (Å²) >= 11 is 1.71. The second kappa shape index (κ2) is 7.71. The van der Waals surface area contributed by atoms with Crippen LogP contribution in [0.5, 0.6) is 0 Å². The van der Waals surface area contributed by atoms with Gasteiger partial charge in [0.25, 0.3) is 0 Å². The van der Waals surface area contributed by atoms with Crippen LogP contribution in [-0.2, 0) is 0 Å². The first-order chi connectivity index (χ1) is 11.7. The molecular formula is C20H22N2OS. The Morgan fingerprint density at radius 3 is 2.29 bits per heavy atom. The third-order valence-electron chi connectivity index (χ3n) is 4.08. The first-order valence-electron chi connectivity index (χ1n) is 8.13. The number of rotatable bonds is 6. The van der Waals surface area contributed by atoms with Gasteiger partial charge < -0.3 is 10.4 Å². The van der Waals surface area contributed by atoms with Crippen molar-refractivity contribution in [3.8, 4) is 10.6 Å². The van der Waals surface area contributed by atoms with Crippen molar-refractivity contribution in [1.82, 2.24) is 10.3 Å². The molecule has 0 bridgehead atoms. The maximum atomic E-state index is 9.75. The van der Waals surface area contributed by atoms with E-state index in [1.54, 1.807) is 11.3 Å². The predicted molar refractivity (Wildman–Crippen MR) is 100 cm³/mol. The number of nitrogens with zero attached hydrogens (tertiary/aromatic N) is 1. The predicted octanol–water partition coefficient (Wildman–Crippen LogP) is 4.50. The van der Waals surface area contributed by atoms with Gasteiger partial charge in [0.15, 0.2) is 0 Å². The van der Waals surface area contributed by atoms with Crippen molar-refractivity contribution in [3.05, 3.63) is 76.8 Å². The summed E-state index contributed by atoms with van der Waals surface area (Å²) < 4.78 is 0. The van der Waals surface area contributed by atoms with Crippen molar-refractivity contribution in [1.29, 1.82) is 0 Å². The van der Waals surface area contributed by atoms with Crippen molar-refractivity contribution >= 4 is 11.3 Å². The number of hydrogen-bond donors (Lipinski definition) is 2. The van der Waals surface area contributed by atoms with E-state index in [-0.39, 0.29) is 18.7 Å². The van der Waals surface area contributed by atoms with E-state index in [0.717, 1.165) is 21.8 Å². The first kappa shape index (κ1) is 16.8. The molecule has 0 radical (unpaired) electrons. The molecule has 3 nitrogen and oxygen atoms in total. The second-order valence-corrected chi connectivity index (χ2v) is 6.90. The molecule has 0 spiro atoms. The van der Waals surface area contributed by atoms with E-state index < -0.39 is 0 Å². The minimum Gasteiger partial charge on any atom is -0.394 e. The Balaban J connectivity index is 1.80. The van der Waals surface area contributed by atoms with Gasteiger partial charge in [0.05, 0.1) is 18.3 Å². The zero-order valence-corrected chi connectivity index (χ0v) is 14.8. The topological polar surface area (TPSA) is 45.2 Å². The molecule has 2 N–H and O–H groups in total. The van der Waals surface area contributed by atoms with Crippen molar-refractivity contribution in [2.45, 2.75) is 25.9 Å². The quantitative estimate of drug-likeness (QED) is 0.695. The Morgan fingerprint density at radius 1 is 1.04 bits per heavy atom. The molecule has 2 unspecified atom stereocenters. The summed E-state index contributed by atoms with van der Waals surface area (Å²) in [6.07, 6.45) is 0. The zero-order valence-electron chi connectivity index (χ0n) is 13.9. The molecular weight excluding hydrogens is 316 g/mol. The number of aliphatic hydroxyl groups excluding tert-OH is 1. The van der Waals surface area contributed by atoms with Gasteiger partial charge in [-0.2, -0.15) is 0 Å². The van der Waals surface area contributed by atoms with Gasteiger partial charge in [0.2, 0.25) is 0 Å². The summed E-state index contributed by atoms with van der Waals surface area (Å²) in [5.74, 6) is 0. The molecule has 3 rings (SSSR count). The third-order valence-corrected chi connectivity index (χ3v) is 5.47. The van der Waals surface area contributed by atoms with Crippen molar-refractivity contribution in [3.63, 3.8) is 0 Å². The molecule has 0 fully saturated rings. The summed E-state index contributed by atoms with van der Waals surface area (Å²) in [6.45, 7) is 4.24. The van der Waals surface area contributed by atoms with Gasteiger partial charge in [0.1, 0.15) is 5.01 Å². The Labute approximate surface area is 147 Å². The molecule has 4 heteroatoms. The zero-order chi connectivity index (χ0) is 16.9. The summed E-state index contributed by atoms with van der Waals surface area (Å²) in [4.78, 5) is 5.94. The van der Waals surface area contributed by atoms with Gasteiger partial charge in [-0.3, -0.25) is 0 Å². The highest BCUT2D eigenvalue weighted by Crippen LogP contribution is 2.32. The standard InChI is InChI=1S/C20H22N2OS/c1-14(21-18(13-23)16-9-5-3-6-10-16)19-15(2)22-20(24-19)17-11-7-4-8-12-17/h3-12,14,18,21,23H,13H2,1-2H3. The van der Waals surface area contributed by atoms with E-state index in [1.807, 2.05) is 55.5 Å². The monoisotopic (exact) mass is 338 g/mol. The van der Waals surface area contributed by atoms with Crippen LogP contribution < -0.4 is 5.32 Å². The molecule has 1 aromatic heterocycles. The number of benzene rings is 2. The van der Waals surface area contributed by atoms with E-state index in [2.05, 4.69) is 24.4 Å². The molecule has 0 aliphatic heterocycles. The van der Waals surface area contributed by atoms with Crippen LogP contribution >= 0.6 is 11.3 Å². The Bertz CT molecular complexity index is 771. The Hall–Kier alpha value is -2.01. The van der Waals surface area contributed by atoms with Gasteiger partial charge >= 0.3 is 0 Å². The smallest absolute Gasteiger partial charge is 0.123 e. The fourth-order valence-electron chi connectivity index (χ4n) is 2.83. The van der Waals surface area contributed by atoms with Crippen LogP contribution in [-0.4, -0.2) is 16.7 Å². The van der Waals surface area contributed by atoms with Crippen LogP contribution in [0, 0.1) is 6.92 Å². The number of aliphatic hydroxyl groups is 1. The van der Waals surface area contributed by atoms with Gasteiger partial charge in [-0.15, -0.1) is 11.3 Å². The van der Waals surface area contributed by atoms with Gasteiger partial charge in [0, 0.05) is 16.5 Å². The van der Waals surface area contributed by atoms with E-state index in [0.29, 0.717) is 0 Å². The van der Waals surface area contributed by atoms with Crippen LogP contribution in [0.1, 0.15) is 35.1 Å². The van der Waals surface area contributed by atoms with Crippen molar-refractivity contribution in [2.75, 3.05) is 6.61 Å². The number of thiazole rings is 1. The van der Waals surface area contributed by atoms with Gasteiger partial charge in [-0.1, -0.05) is 60.7 Å². The minimum absolute atomic E-state index is 0.0672. The summed E-state index contributed by atoms with van der Waals surface area (Å²) in [6, 6.07) is 20.3. The summed E-state index contributed by atoms with van der Waals surface area (Å²) in [5, 5.41) is 14.3. The lowest BCUT2D eigenvalue weighted by atomic mass is 10.1. The highest BCUT2D eigenvalue weighted by Gasteiger charge is 2.19. The molecule has 2 atom stereocenters.